The molecule has 1 saturated heterocycles. The van der Waals surface area contributed by atoms with Gasteiger partial charge in [-0.2, -0.15) is 0 Å². The van der Waals surface area contributed by atoms with Gasteiger partial charge >= 0.3 is 0 Å². The second-order valence-electron chi connectivity index (χ2n) is 5.34. The number of nitrogens with two attached hydrogens (primary N) is 1. The third kappa shape index (κ3) is 2.27. The first-order valence-electron chi connectivity index (χ1n) is 7.34. The monoisotopic (exact) mass is 295 g/mol. The van der Waals surface area contributed by atoms with Crippen LogP contribution < -0.4 is 10.6 Å². The van der Waals surface area contributed by atoms with Crippen molar-refractivity contribution < 1.29 is 4.74 Å². The topological polar surface area (TPSA) is 80.1 Å². The van der Waals surface area contributed by atoms with Crippen LogP contribution in [0.25, 0.3) is 22.4 Å². The predicted molar refractivity (Wildman–Crippen MR) is 86.8 cm³/mol. The average molecular weight is 295 g/mol. The molecule has 0 radical (unpaired) electrons. The summed E-state index contributed by atoms with van der Waals surface area (Å²) in [7, 11) is 0. The van der Waals surface area contributed by atoms with E-state index in [-0.39, 0.29) is 0 Å². The summed E-state index contributed by atoms with van der Waals surface area (Å²) in [6.45, 7) is 3.15. The molecule has 1 fully saturated rings. The molecule has 0 amide bonds. The molecule has 0 aliphatic carbocycles. The summed E-state index contributed by atoms with van der Waals surface area (Å²) in [6.07, 6.45) is 1.82. The Hall–Kier alpha value is -2.60. The Morgan fingerprint density at radius 2 is 1.86 bits per heavy atom. The fourth-order valence-corrected chi connectivity index (χ4v) is 2.71. The van der Waals surface area contributed by atoms with E-state index in [0.717, 1.165) is 60.2 Å². The Bertz CT molecular complexity index is 790. The first-order chi connectivity index (χ1) is 10.8. The largest absolute Gasteiger partial charge is 0.399 e. The molecule has 1 aliphatic heterocycles. The van der Waals surface area contributed by atoms with E-state index in [1.807, 2.05) is 36.5 Å². The van der Waals surface area contributed by atoms with Crippen molar-refractivity contribution in [2.24, 2.45) is 0 Å². The van der Waals surface area contributed by atoms with Crippen molar-refractivity contribution in [2.45, 2.75) is 0 Å². The number of aromatic amines is 1. The molecule has 0 bridgehead atoms. The highest BCUT2D eigenvalue weighted by Gasteiger charge is 2.17. The van der Waals surface area contributed by atoms with E-state index >= 15 is 0 Å². The summed E-state index contributed by atoms with van der Waals surface area (Å²) < 4.78 is 5.41. The number of H-pyrrole nitrogens is 1. The van der Waals surface area contributed by atoms with E-state index in [1.165, 1.54) is 0 Å². The number of ether oxygens (including phenoxy) is 1. The highest BCUT2D eigenvalue weighted by atomic mass is 16.5. The maximum absolute atomic E-state index is 5.74. The molecule has 0 spiro atoms. The fraction of sp³-hybridized carbons (Fsp3) is 0.250. The summed E-state index contributed by atoms with van der Waals surface area (Å²) in [5, 5.41) is 0. The highest BCUT2D eigenvalue weighted by Crippen LogP contribution is 2.27. The minimum atomic E-state index is 0.729. The quantitative estimate of drug-likeness (QED) is 0.707. The van der Waals surface area contributed by atoms with Crippen LogP contribution in [-0.2, 0) is 4.74 Å². The molecule has 3 aromatic rings. The molecule has 6 nitrogen and oxygen atoms in total. The number of aromatic nitrogens is 3. The maximum atomic E-state index is 5.74. The van der Waals surface area contributed by atoms with Crippen LogP contribution in [0.4, 0.5) is 11.5 Å². The highest BCUT2D eigenvalue weighted by molar-refractivity contribution is 5.88. The average Bonchev–Trinajstić information content (AvgIpc) is 3.00. The Morgan fingerprint density at radius 3 is 2.64 bits per heavy atom. The number of morpholine rings is 1. The first-order valence-corrected chi connectivity index (χ1v) is 7.34. The molecule has 6 heteroatoms. The Balaban J connectivity index is 1.78. The van der Waals surface area contributed by atoms with Crippen LogP contribution in [0.1, 0.15) is 0 Å². The maximum Gasteiger partial charge on any atom is 0.156 e. The number of hydrogen-bond acceptors (Lipinski definition) is 5. The lowest BCUT2D eigenvalue weighted by atomic mass is 10.2. The van der Waals surface area contributed by atoms with Crippen molar-refractivity contribution in [1.82, 2.24) is 15.0 Å². The normalized spacial score (nSPS) is 15.4. The van der Waals surface area contributed by atoms with Crippen LogP contribution in [0.2, 0.25) is 0 Å². The van der Waals surface area contributed by atoms with Gasteiger partial charge in [-0.15, -0.1) is 0 Å². The van der Waals surface area contributed by atoms with E-state index in [0.29, 0.717) is 0 Å². The molecule has 22 heavy (non-hydrogen) atoms. The number of fused-ring (bicyclic) bond motifs is 1. The van der Waals surface area contributed by atoms with Crippen LogP contribution in [0.5, 0.6) is 0 Å². The number of hydrogen-bond donors (Lipinski definition) is 2. The molecule has 1 aliphatic rings. The minimum absolute atomic E-state index is 0.729. The van der Waals surface area contributed by atoms with E-state index in [9.17, 15) is 0 Å². The smallest absolute Gasteiger partial charge is 0.156 e. The zero-order chi connectivity index (χ0) is 14.9. The third-order valence-electron chi connectivity index (χ3n) is 3.88. The van der Waals surface area contributed by atoms with Gasteiger partial charge < -0.3 is 20.4 Å². The lowest BCUT2D eigenvalue weighted by Gasteiger charge is -2.27. The molecule has 0 unspecified atom stereocenters. The van der Waals surface area contributed by atoms with Gasteiger partial charge in [-0.1, -0.05) is 0 Å². The van der Waals surface area contributed by atoms with E-state index in [1.54, 1.807) is 0 Å². The molecular formula is C16H17N5O. The molecule has 4 rings (SSSR count). The lowest BCUT2D eigenvalue weighted by Crippen LogP contribution is -2.36. The number of benzene rings is 1. The molecule has 112 valence electrons. The zero-order valence-corrected chi connectivity index (χ0v) is 12.1. The van der Waals surface area contributed by atoms with Crippen molar-refractivity contribution in [2.75, 3.05) is 36.9 Å². The molecule has 0 saturated carbocycles. The first kappa shape index (κ1) is 13.1. The zero-order valence-electron chi connectivity index (χ0n) is 12.1. The van der Waals surface area contributed by atoms with Crippen molar-refractivity contribution in [3.05, 3.63) is 36.5 Å². The van der Waals surface area contributed by atoms with Gasteiger partial charge in [-0.05, 0) is 30.3 Å². The molecule has 1 aromatic carbocycles. The van der Waals surface area contributed by atoms with Crippen LogP contribution in [-0.4, -0.2) is 41.3 Å². The summed E-state index contributed by atoms with van der Waals surface area (Å²) in [6, 6.07) is 9.64. The van der Waals surface area contributed by atoms with Gasteiger partial charge in [0.2, 0.25) is 0 Å². The summed E-state index contributed by atoms with van der Waals surface area (Å²) in [4.78, 5) is 14.8. The number of nitrogens with one attached hydrogen (secondary N) is 1. The molecule has 2 aromatic heterocycles. The van der Waals surface area contributed by atoms with Crippen LogP contribution >= 0.6 is 0 Å². The van der Waals surface area contributed by atoms with E-state index in [2.05, 4.69) is 14.9 Å². The van der Waals surface area contributed by atoms with E-state index < -0.39 is 0 Å². The van der Waals surface area contributed by atoms with Gasteiger partial charge in [-0.3, -0.25) is 0 Å². The van der Waals surface area contributed by atoms with Crippen molar-refractivity contribution in [1.29, 1.82) is 0 Å². The van der Waals surface area contributed by atoms with Crippen LogP contribution in [0.15, 0.2) is 36.5 Å². The van der Waals surface area contributed by atoms with Crippen molar-refractivity contribution in [3.8, 4) is 11.4 Å². The fourth-order valence-electron chi connectivity index (χ4n) is 2.71. The number of pyridine rings is 1. The summed E-state index contributed by atoms with van der Waals surface area (Å²) in [5.41, 5.74) is 9.39. The number of rotatable bonds is 2. The number of imidazole rings is 1. The molecule has 3 heterocycles. The second kappa shape index (κ2) is 5.31. The Kier molecular flexibility index (Phi) is 3.16. The Labute approximate surface area is 127 Å². The SMILES string of the molecule is Nc1ccc(-c2nc3c(N4CCOCC4)nccc3[nH]2)cc1. The van der Waals surface area contributed by atoms with Crippen LogP contribution in [0.3, 0.4) is 0 Å². The van der Waals surface area contributed by atoms with Gasteiger partial charge in [0.15, 0.2) is 5.82 Å². The number of nitrogen functional groups attached to an aromatic ring is 1. The van der Waals surface area contributed by atoms with Gasteiger partial charge in [0, 0.05) is 30.5 Å². The lowest BCUT2D eigenvalue weighted by molar-refractivity contribution is 0.122. The molecule has 3 N–H and O–H groups in total. The molecule has 0 atom stereocenters. The van der Waals surface area contributed by atoms with Crippen molar-refractivity contribution in [3.63, 3.8) is 0 Å². The Morgan fingerprint density at radius 1 is 1.09 bits per heavy atom. The minimum Gasteiger partial charge on any atom is -0.399 e. The third-order valence-corrected chi connectivity index (χ3v) is 3.88. The standard InChI is InChI=1S/C16H17N5O/c17-12-3-1-11(2-4-12)15-19-13-5-6-18-16(14(13)20-15)21-7-9-22-10-8-21/h1-6H,7-10,17H2,(H,19,20). The second-order valence-corrected chi connectivity index (χ2v) is 5.34. The summed E-state index contributed by atoms with van der Waals surface area (Å²) >= 11 is 0. The van der Waals surface area contributed by atoms with Gasteiger partial charge in [0.1, 0.15) is 11.3 Å². The molecular weight excluding hydrogens is 278 g/mol. The van der Waals surface area contributed by atoms with Gasteiger partial charge in [-0.25, -0.2) is 9.97 Å². The van der Waals surface area contributed by atoms with Crippen LogP contribution in [0, 0.1) is 0 Å². The van der Waals surface area contributed by atoms with Gasteiger partial charge in [0.25, 0.3) is 0 Å². The number of anilines is 2. The predicted octanol–water partition coefficient (Wildman–Crippen LogP) is 2.04. The van der Waals surface area contributed by atoms with Gasteiger partial charge in [0.05, 0.1) is 18.7 Å². The number of nitrogens with zero attached hydrogens (tertiary/aromatic N) is 3. The summed E-state index contributed by atoms with van der Waals surface area (Å²) in [5.74, 6) is 1.75. The van der Waals surface area contributed by atoms with Crippen molar-refractivity contribution >= 4 is 22.5 Å². The van der Waals surface area contributed by atoms with E-state index in [4.69, 9.17) is 15.5 Å².